The summed E-state index contributed by atoms with van der Waals surface area (Å²) >= 11 is 6.53. The van der Waals surface area contributed by atoms with E-state index in [1.807, 2.05) is 4.90 Å². The van der Waals surface area contributed by atoms with E-state index in [4.69, 9.17) is 26.8 Å². The molecule has 0 bridgehead atoms. The fourth-order valence-corrected chi connectivity index (χ4v) is 6.97. The number of nitrogens with zero attached hydrogens (tertiary/aromatic N) is 7. The molecule has 3 N–H and O–H groups in total. The number of nitrogens with one attached hydrogen (secondary N) is 1. The maximum Gasteiger partial charge on any atom is 0.418 e. The summed E-state index contributed by atoms with van der Waals surface area (Å²) in [6.45, 7) is 3.19. The highest BCUT2D eigenvalue weighted by atomic mass is 35.5. The van der Waals surface area contributed by atoms with Crippen LogP contribution in [0.1, 0.15) is 70.5 Å². The smallest absolute Gasteiger partial charge is 0.418 e. The highest BCUT2D eigenvalue weighted by Gasteiger charge is 2.39. The predicted octanol–water partition coefficient (Wildman–Crippen LogP) is 4.11. The number of alkyl halides is 4. The summed E-state index contributed by atoms with van der Waals surface area (Å²) < 4.78 is 66.6. The average Bonchev–Trinajstić information content (AvgIpc) is 3.67. The van der Waals surface area contributed by atoms with Crippen LogP contribution in [0, 0.1) is 0 Å². The van der Waals surface area contributed by atoms with Gasteiger partial charge in [-0.1, -0.05) is 11.6 Å². The van der Waals surface area contributed by atoms with Crippen LogP contribution in [0.15, 0.2) is 12.1 Å². The first-order chi connectivity index (χ1) is 22.5. The van der Waals surface area contributed by atoms with Crippen LogP contribution in [0.2, 0.25) is 5.02 Å². The van der Waals surface area contributed by atoms with E-state index in [2.05, 4.69) is 30.3 Å². The predicted molar refractivity (Wildman–Crippen MR) is 164 cm³/mol. The largest absolute Gasteiger partial charge is 0.467 e. The number of halogens is 5. The van der Waals surface area contributed by atoms with E-state index in [1.165, 1.54) is 27.0 Å². The van der Waals surface area contributed by atoms with Gasteiger partial charge in [0.2, 0.25) is 0 Å². The standard InChI is InChI=1S/C23H24ClF3N8O3.C7H12FN/c1-29-21(36)19-17(24)14-9-34(6-3-7-35(14)33-19)20-11-10-38-15(8-13(11)30-22(32-20)37-2)18-12(23(25,26)27)4-5-16(28)31-18;8-6-4-7-2-1-3-9(7)5-6/h4-5,15H,3,6-10H2,1-2H3,(H2,28,31)(H,29,36);6-7H,1-5H2. The molecule has 1 amide bonds. The van der Waals surface area contributed by atoms with Crippen molar-refractivity contribution >= 4 is 29.1 Å². The molecule has 2 saturated heterocycles. The minimum absolute atomic E-state index is 0.00803. The first-order valence-corrected chi connectivity index (χ1v) is 15.8. The summed E-state index contributed by atoms with van der Waals surface area (Å²) in [6.07, 6.45) is -2.16. The SMILES string of the molecule is CNC(=O)c1nn2c(c1Cl)CN(c1nc(OC)nc3c1COC(c1nc(N)ccc1C(F)(F)F)C3)CCC2.FC1CC2CCCN2C1. The molecule has 12 nitrogen and oxygen atoms in total. The second kappa shape index (κ2) is 13.4. The summed E-state index contributed by atoms with van der Waals surface area (Å²) in [5.74, 6) is 0.0719. The third kappa shape index (κ3) is 6.81. The average molecular weight is 682 g/mol. The lowest BCUT2D eigenvalue weighted by Crippen LogP contribution is -2.29. The Hall–Kier alpha value is -3.76. The van der Waals surface area contributed by atoms with Gasteiger partial charge >= 0.3 is 12.2 Å². The van der Waals surface area contributed by atoms with Crippen LogP contribution in [0.4, 0.5) is 29.2 Å². The van der Waals surface area contributed by atoms with Crippen molar-refractivity contribution in [2.45, 2.75) is 76.3 Å². The first kappa shape index (κ1) is 33.2. The summed E-state index contributed by atoms with van der Waals surface area (Å²) in [5.41, 5.74) is 6.37. The number of hydrogen-bond donors (Lipinski definition) is 2. The maximum absolute atomic E-state index is 13.7. The summed E-state index contributed by atoms with van der Waals surface area (Å²) in [4.78, 5) is 29.4. The quantitative estimate of drug-likeness (QED) is 0.387. The Bertz CT molecular complexity index is 1630. The molecule has 3 unspecified atom stereocenters. The fraction of sp³-hybridized carbons (Fsp3) is 0.567. The van der Waals surface area contributed by atoms with E-state index in [9.17, 15) is 22.4 Å². The van der Waals surface area contributed by atoms with Crippen molar-refractivity contribution in [1.82, 2.24) is 34.9 Å². The zero-order valence-corrected chi connectivity index (χ0v) is 26.7. The number of hydrogen-bond acceptors (Lipinski definition) is 10. The van der Waals surface area contributed by atoms with Crippen molar-refractivity contribution in [1.29, 1.82) is 0 Å². The molecule has 254 valence electrons. The van der Waals surface area contributed by atoms with Crippen LogP contribution >= 0.6 is 11.6 Å². The van der Waals surface area contributed by atoms with Crippen LogP contribution < -0.4 is 20.7 Å². The number of anilines is 2. The fourth-order valence-electron chi connectivity index (χ4n) is 6.69. The minimum Gasteiger partial charge on any atom is -0.467 e. The molecule has 3 aromatic rings. The summed E-state index contributed by atoms with van der Waals surface area (Å²) in [7, 11) is 2.91. The zero-order valence-electron chi connectivity index (χ0n) is 26.0. The van der Waals surface area contributed by atoms with Gasteiger partial charge in [-0.3, -0.25) is 14.4 Å². The highest BCUT2D eigenvalue weighted by Crippen LogP contribution is 2.41. The Morgan fingerprint density at radius 3 is 2.70 bits per heavy atom. The molecule has 0 aromatic carbocycles. The van der Waals surface area contributed by atoms with E-state index in [0.717, 1.165) is 25.1 Å². The van der Waals surface area contributed by atoms with Gasteiger partial charge in [-0.2, -0.15) is 28.2 Å². The molecule has 2 fully saturated rings. The lowest BCUT2D eigenvalue weighted by molar-refractivity contribution is -0.140. The van der Waals surface area contributed by atoms with Gasteiger partial charge < -0.3 is 25.4 Å². The van der Waals surface area contributed by atoms with Crippen molar-refractivity contribution in [2.24, 2.45) is 0 Å². The van der Waals surface area contributed by atoms with E-state index in [0.29, 0.717) is 54.9 Å². The second-order valence-electron chi connectivity index (χ2n) is 11.9. The Morgan fingerprint density at radius 2 is 1.98 bits per heavy atom. The van der Waals surface area contributed by atoms with Crippen LogP contribution in [-0.4, -0.2) is 81.5 Å². The molecule has 0 radical (unpaired) electrons. The number of aromatic nitrogens is 5. The Labute approximate surface area is 273 Å². The topological polar surface area (TPSA) is 137 Å². The van der Waals surface area contributed by atoms with E-state index < -0.39 is 29.9 Å². The third-order valence-electron chi connectivity index (χ3n) is 8.93. The molecule has 0 aliphatic carbocycles. The maximum atomic E-state index is 13.7. The minimum atomic E-state index is -4.63. The molecular formula is C30H36ClF4N9O3. The number of carbonyl (C=O) groups excluding carboxylic acids is 1. The van der Waals surface area contributed by atoms with Crippen LogP contribution in [0.3, 0.4) is 0 Å². The monoisotopic (exact) mass is 681 g/mol. The van der Waals surface area contributed by atoms with Crippen molar-refractivity contribution in [3.05, 3.63) is 51.1 Å². The molecule has 47 heavy (non-hydrogen) atoms. The number of aryl methyl sites for hydroxylation is 1. The van der Waals surface area contributed by atoms with Crippen molar-refractivity contribution in [3.8, 4) is 6.01 Å². The highest BCUT2D eigenvalue weighted by molar-refractivity contribution is 6.34. The van der Waals surface area contributed by atoms with Crippen molar-refractivity contribution < 1.29 is 31.8 Å². The normalized spacial score (nSPS) is 22.4. The molecule has 0 spiro atoms. The molecule has 7 rings (SSSR count). The number of amides is 1. The number of nitrogen functional groups attached to an aromatic ring is 1. The lowest BCUT2D eigenvalue weighted by atomic mass is 9.99. The number of nitrogens with two attached hydrogens (primary N) is 1. The van der Waals surface area contributed by atoms with Gasteiger partial charge in [0.05, 0.1) is 47.9 Å². The van der Waals surface area contributed by atoms with Crippen molar-refractivity contribution in [3.63, 3.8) is 0 Å². The Balaban J connectivity index is 0.000000366. The number of pyridine rings is 1. The number of methoxy groups -OCH3 is 1. The van der Waals surface area contributed by atoms with E-state index in [1.54, 1.807) is 4.68 Å². The van der Waals surface area contributed by atoms with Crippen LogP contribution in [-0.2, 0) is 37.0 Å². The molecule has 7 heterocycles. The van der Waals surface area contributed by atoms with Crippen LogP contribution in [0.5, 0.6) is 6.01 Å². The number of rotatable bonds is 4. The third-order valence-corrected chi connectivity index (χ3v) is 9.33. The van der Waals surface area contributed by atoms with E-state index in [-0.39, 0.29) is 47.8 Å². The molecule has 4 aliphatic rings. The van der Waals surface area contributed by atoms with Gasteiger partial charge in [0.25, 0.3) is 5.91 Å². The van der Waals surface area contributed by atoms with Crippen LogP contribution in [0.25, 0.3) is 0 Å². The molecule has 17 heteroatoms. The first-order valence-electron chi connectivity index (χ1n) is 15.5. The molecule has 3 aromatic heterocycles. The van der Waals surface area contributed by atoms with Gasteiger partial charge in [-0.15, -0.1) is 0 Å². The van der Waals surface area contributed by atoms with Gasteiger partial charge in [-0.05, 0) is 44.4 Å². The number of fused-ring (bicyclic) bond motifs is 3. The van der Waals surface area contributed by atoms with Gasteiger partial charge in [-0.25, -0.2) is 9.37 Å². The molecule has 4 aliphatic heterocycles. The number of carbonyl (C=O) groups is 1. The Morgan fingerprint density at radius 1 is 1.17 bits per heavy atom. The van der Waals surface area contributed by atoms with Gasteiger partial charge in [0.15, 0.2) is 5.69 Å². The van der Waals surface area contributed by atoms with Crippen molar-refractivity contribution in [2.75, 3.05) is 44.4 Å². The summed E-state index contributed by atoms with van der Waals surface area (Å²) in [6, 6.07) is 2.68. The number of ether oxygens (including phenoxy) is 2. The van der Waals surface area contributed by atoms with E-state index >= 15 is 0 Å². The van der Waals surface area contributed by atoms with Gasteiger partial charge in [0.1, 0.15) is 23.9 Å². The Kier molecular flexibility index (Phi) is 9.45. The molecule has 3 atom stereocenters. The molecule has 0 saturated carbocycles. The summed E-state index contributed by atoms with van der Waals surface area (Å²) in [5, 5.41) is 7.14. The second-order valence-corrected chi connectivity index (χ2v) is 12.3. The molecular weight excluding hydrogens is 646 g/mol. The lowest BCUT2D eigenvalue weighted by Gasteiger charge is -2.30. The zero-order chi connectivity index (χ0) is 33.5. The van der Waals surface area contributed by atoms with Gasteiger partial charge in [0, 0.05) is 44.7 Å².